The predicted octanol–water partition coefficient (Wildman–Crippen LogP) is 3.57. The number of thioether (sulfide) groups is 1. The van der Waals surface area contributed by atoms with Gasteiger partial charge in [-0.15, -0.1) is 11.8 Å². The molecule has 4 nitrogen and oxygen atoms in total. The van der Waals surface area contributed by atoms with E-state index in [2.05, 4.69) is 23.1 Å². The summed E-state index contributed by atoms with van der Waals surface area (Å²) in [6.45, 7) is 2.15. The summed E-state index contributed by atoms with van der Waals surface area (Å²) < 4.78 is 2.87. The Hall–Kier alpha value is -1.53. The fourth-order valence-corrected chi connectivity index (χ4v) is 3.49. The fraction of sp³-hybridized carbons (Fsp3) is 0.231. The van der Waals surface area contributed by atoms with Crippen molar-refractivity contribution >= 4 is 39.1 Å². The van der Waals surface area contributed by atoms with Crippen molar-refractivity contribution in [1.29, 1.82) is 0 Å². The smallest absolute Gasteiger partial charge is 0.213 e. The van der Waals surface area contributed by atoms with E-state index in [4.69, 9.17) is 5.73 Å². The Morgan fingerprint density at radius 2 is 2.21 bits per heavy atom. The number of thiazole rings is 1. The molecule has 0 atom stereocenters. The maximum absolute atomic E-state index is 6.14. The van der Waals surface area contributed by atoms with Crippen LogP contribution in [0.25, 0.3) is 15.3 Å². The third kappa shape index (κ3) is 2.33. The van der Waals surface area contributed by atoms with Crippen LogP contribution in [0.4, 0.5) is 5.82 Å². The van der Waals surface area contributed by atoms with Gasteiger partial charge in [-0.05, 0) is 24.3 Å². The average molecular weight is 290 g/mol. The van der Waals surface area contributed by atoms with Gasteiger partial charge in [0, 0.05) is 0 Å². The van der Waals surface area contributed by atoms with E-state index < -0.39 is 0 Å². The Morgan fingerprint density at radius 1 is 1.37 bits per heavy atom. The first-order chi connectivity index (χ1) is 9.29. The second-order valence-electron chi connectivity index (χ2n) is 4.12. The number of nitrogen functional groups attached to an aromatic ring is 1. The molecule has 0 spiro atoms. The lowest BCUT2D eigenvalue weighted by atomic mass is 10.3. The van der Waals surface area contributed by atoms with Crippen LogP contribution in [-0.4, -0.2) is 20.5 Å². The number of rotatable bonds is 4. The molecule has 1 aromatic carbocycles. The molecular formula is C13H14N4S2. The summed E-state index contributed by atoms with van der Waals surface area (Å²) in [4.78, 5) is 5.60. The second kappa shape index (κ2) is 5.22. The lowest BCUT2D eigenvalue weighted by molar-refractivity contribution is 0.883. The van der Waals surface area contributed by atoms with Gasteiger partial charge in [0.2, 0.25) is 5.13 Å². The molecule has 0 aliphatic carbocycles. The number of benzene rings is 1. The van der Waals surface area contributed by atoms with Crippen molar-refractivity contribution in [2.24, 2.45) is 0 Å². The molecule has 98 valence electrons. The van der Waals surface area contributed by atoms with Gasteiger partial charge >= 0.3 is 0 Å². The number of nitrogens with zero attached hydrogens (tertiary/aromatic N) is 3. The number of fused-ring (bicyclic) bond motifs is 1. The summed E-state index contributed by atoms with van der Waals surface area (Å²) in [6, 6.07) is 8.06. The summed E-state index contributed by atoms with van der Waals surface area (Å²) in [5.74, 6) is 1.73. The van der Waals surface area contributed by atoms with Crippen LogP contribution in [0.5, 0.6) is 0 Å². The number of hydrogen-bond donors (Lipinski definition) is 1. The monoisotopic (exact) mass is 290 g/mol. The van der Waals surface area contributed by atoms with Gasteiger partial charge in [0.1, 0.15) is 5.82 Å². The minimum Gasteiger partial charge on any atom is -0.383 e. The number of aromatic nitrogens is 3. The van der Waals surface area contributed by atoms with Crippen LogP contribution in [0.2, 0.25) is 0 Å². The highest BCUT2D eigenvalue weighted by atomic mass is 32.2. The number of hydrogen-bond acceptors (Lipinski definition) is 5. The van der Waals surface area contributed by atoms with Crippen molar-refractivity contribution < 1.29 is 0 Å². The fourth-order valence-electron chi connectivity index (χ4n) is 1.77. The van der Waals surface area contributed by atoms with Crippen molar-refractivity contribution in [3.63, 3.8) is 0 Å². The van der Waals surface area contributed by atoms with E-state index in [1.165, 1.54) is 0 Å². The number of anilines is 1. The van der Waals surface area contributed by atoms with Crippen molar-refractivity contribution in [2.45, 2.75) is 18.2 Å². The van der Waals surface area contributed by atoms with E-state index in [1.807, 2.05) is 24.4 Å². The Balaban J connectivity index is 1.99. The molecule has 3 aromatic rings. The molecule has 19 heavy (non-hydrogen) atoms. The van der Waals surface area contributed by atoms with Crippen LogP contribution in [0.1, 0.15) is 13.3 Å². The van der Waals surface area contributed by atoms with E-state index in [0.717, 1.165) is 32.4 Å². The van der Waals surface area contributed by atoms with E-state index in [9.17, 15) is 0 Å². The van der Waals surface area contributed by atoms with E-state index >= 15 is 0 Å². The van der Waals surface area contributed by atoms with Crippen LogP contribution in [0.3, 0.4) is 0 Å². The van der Waals surface area contributed by atoms with E-state index in [0.29, 0.717) is 5.82 Å². The van der Waals surface area contributed by atoms with Crippen molar-refractivity contribution in [3.8, 4) is 5.13 Å². The zero-order valence-electron chi connectivity index (χ0n) is 10.5. The van der Waals surface area contributed by atoms with E-state index in [-0.39, 0.29) is 0 Å². The van der Waals surface area contributed by atoms with Crippen molar-refractivity contribution in [1.82, 2.24) is 14.8 Å². The molecule has 0 saturated heterocycles. The number of para-hydroxylation sites is 1. The first-order valence-electron chi connectivity index (χ1n) is 6.12. The SMILES string of the molecule is CCCSc1cnn(-c2nc3ccccc3s2)c1N. The topological polar surface area (TPSA) is 56.7 Å². The quantitative estimate of drug-likeness (QED) is 0.746. The molecule has 0 unspecified atom stereocenters. The summed E-state index contributed by atoms with van der Waals surface area (Å²) in [7, 11) is 0. The highest BCUT2D eigenvalue weighted by Crippen LogP contribution is 2.30. The summed E-state index contributed by atoms with van der Waals surface area (Å²) in [5.41, 5.74) is 7.13. The highest BCUT2D eigenvalue weighted by molar-refractivity contribution is 7.99. The summed E-state index contributed by atoms with van der Waals surface area (Å²) in [6.07, 6.45) is 2.94. The molecule has 2 N–H and O–H groups in total. The molecule has 6 heteroatoms. The van der Waals surface area contributed by atoms with Crippen molar-refractivity contribution in [2.75, 3.05) is 11.5 Å². The largest absolute Gasteiger partial charge is 0.383 e. The third-order valence-electron chi connectivity index (χ3n) is 2.70. The van der Waals surface area contributed by atoms with Crippen molar-refractivity contribution in [3.05, 3.63) is 30.5 Å². The molecule has 0 radical (unpaired) electrons. The minimum atomic E-state index is 0.678. The molecule has 0 amide bonds. The molecule has 0 aliphatic rings. The Morgan fingerprint density at radius 3 is 3.00 bits per heavy atom. The van der Waals surface area contributed by atoms with Gasteiger partial charge in [-0.2, -0.15) is 9.78 Å². The maximum atomic E-state index is 6.14. The number of nitrogens with two attached hydrogens (primary N) is 1. The highest BCUT2D eigenvalue weighted by Gasteiger charge is 2.12. The first kappa shape index (κ1) is 12.5. The predicted molar refractivity (Wildman–Crippen MR) is 82.2 cm³/mol. The van der Waals surface area contributed by atoms with Gasteiger partial charge in [0.15, 0.2) is 0 Å². The van der Waals surface area contributed by atoms with Crippen LogP contribution in [0.15, 0.2) is 35.4 Å². The molecule has 0 aliphatic heterocycles. The molecule has 0 saturated carbocycles. The van der Waals surface area contributed by atoms with Gasteiger partial charge < -0.3 is 5.73 Å². The standard InChI is InChI=1S/C13H14N4S2/c1-2-7-18-11-8-15-17(12(11)14)13-16-9-5-3-4-6-10(9)19-13/h3-6,8H,2,7,14H2,1H3. The zero-order valence-corrected chi connectivity index (χ0v) is 12.2. The molecule has 3 rings (SSSR count). The molecule has 2 aromatic heterocycles. The van der Waals surface area contributed by atoms with Gasteiger partial charge in [0.25, 0.3) is 0 Å². The lowest BCUT2D eigenvalue weighted by Gasteiger charge is -2.00. The van der Waals surface area contributed by atoms with E-state index in [1.54, 1.807) is 27.8 Å². The summed E-state index contributed by atoms with van der Waals surface area (Å²) in [5, 5.41) is 5.17. The van der Waals surface area contributed by atoms with Gasteiger partial charge in [-0.1, -0.05) is 30.4 Å². The van der Waals surface area contributed by atoms with Gasteiger partial charge in [0.05, 0.1) is 21.3 Å². The van der Waals surface area contributed by atoms with Gasteiger partial charge in [-0.3, -0.25) is 0 Å². The van der Waals surface area contributed by atoms with Crippen LogP contribution in [-0.2, 0) is 0 Å². The Kier molecular flexibility index (Phi) is 3.44. The molecule has 2 heterocycles. The second-order valence-corrected chi connectivity index (χ2v) is 6.26. The van der Waals surface area contributed by atoms with Crippen LogP contribution >= 0.6 is 23.1 Å². The minimum absolute atomic E-state index is 0.678. The first-order valence-corrected chi connectivity index (χ1v) is 7.92. The molecule has 0 fully saturated rings. The normalized spacial score (nSPS) is 11.2. The zero-order chi connectivity index (χ0) is 13.2. The maximum Gasteiger partial charge on any atom is 0.213 e. The average Bonchev–Trinajstić information content (AvgIpc) is 2.99. The Bertz CT molecular complexity index is 669. The Labute approximate surface area is 119 Å². The molecular weight excluding hydrogens is 276 g/mol. The lowest BCUT2D eigenvalue weighted by Crippen LogP contribution is -2.01. The molecule has 0 bridgehead atoms. The van der Waals surface area contributed by atoms with Crippen LogP contribution in [0, 0.1) is 0 Å². The van der Waals surface area contributed by atoms with Crippen LogP contribution < -0.4 is 5.73 Å². The summed E-state index contributed by atoms with van der Waals surface area (Å²) >= 11 is 3.34. The third-order valence-corrected chi connectivity index (χ3v) is 4.95. The van der Waals surface area contributed by atoms with Gasteiger partial charge in [-0.25, -0.2) is 4.98 Å².